The maximum Gasteiger partial charge on any atom is 0.253 e. The molecular weight excluding hydrogens is 304 g/mol. The molecule has 6 heteroatoms. The van der Waals surface area contributed by atoms with Crippen LogP contribution in [-0.4, -0.2) is 61.5 Å². The molecule has 1 aromatic rings. The molecule has 3 rings (SSSR count). The molecule has 2 aliphatic heterocycles. The number of nitrogens with zero attached hydrogens (tertiary/aromatic N) is 2. The molecule has 0 N–H and O–H groups in total. The Morgan fingerprint density at radius 1 is 1.27 bits per heavy atom. The highest BCUT2D eigenvalue weighted by Gasteiger charge is 2.43. The lowest BCUT2D eigenvalue weighted by Gasteiger charge is -2.29. The summed E-state index contributed by atoms with van der Waals surface area (Å²) in [4.78, 5) is 27.9. The van der Waals surface area contributed by atoms with Gasteiger partial charge in [-0.3, -0.25) is 9.59 Å². The summed E-state index contributed by atoms with van der Waals surface area (Å²) in [5.41, 5.74) is 0.489. The zero-order valence-corrected chi connectivity index (χ0v) is 13.3. The molecule has 0 radical (unpaired) electrons. The van der Waals surface area contributed by atoms with Crippen molar-refractivity contribution < 1.29 is 14.3 Å². The van der Waals surface area contributed by atoms with Crippen molar-refractivity contribution in [3.05, 3.63) is 34.9 Å². The Bertz CT molecular complexity index is 590. The molecule has 2 fully saturated rings. The van der Waals surface area contributed by atoms with E-state index in [2.05, 4.69) is 0 Å². The second kappa shape index (κ2) is 5.89. The number of hydrogen-bond donors (Lipinski definition) is 0. The number of likely N-dealkylation sites (tertiary alicyclic amines) is 1. The third kappa shape index (κ3) is 2.96. The van der Waals surface area contributed by atoms with Gasteiger partial charge in [0.1, 0.15) is 6.61 Å². The molecule has 2 aliphatic rings. The maximum absolute atomic E-state index is 12.6. The van der Waals surface area contributed by atoms with Gasteiger partial charge in [-0.1, -0.05) is 11.6 Å². The Morgan fingerprint density at radius 2 is 2.00 bits per heavy atom. The maximum atomic E-state index is 12.6. The van der Waals surface area contributed by atoms with Crippen LogP contribution in [0.25, 0.3) is 0 Å². The fourth-order valence-electron chi connectivity index (χ4n) is 3.23. The predicted molar refractivity (Wildman–Crippen MR) is 82.9 cm³/mol. The number of ether oxygens (including phenoxy) is 1. The highest BCUT2D eigenvalue weighted by Crippen LogP contribution is 2.34. The van der Waals surface area contributed by atoms with E-state index < -0.39 is 0 Å². The number of likely N-dealkylation sites (N-methyl/N-ethyl adjacent to an activating group) is 1. The van der Waals surface area contributed by atoms with Crippen LogP contribution in [0.3, 0.4) is 0 Å². The number of carbonyl (C=O) groups is 2. The molecule has 2 amide bonds. The molecule has 1 unspecified atom stereocenters. The van der Waals surface area contributed by atoms with Crippen molar-refractivity contribution in [3.8, 4) is 0 Å². The topological polar surface area (TPSA) is 49.9 Å². The number of halogens is 1. The highest BCUT2D eigenvalue weighted by molar-refractivity contribution is 6.30. The number of hydrogen-bond acceptors (Lipinski definition) is 3. The van der Waals surface area contributed by atoms with Gasteiger partial charge in [0.05, 0.1) is 6.61 Å². The van der Waals surface area contributed by atoms with E-state index in [1.165, 1.54) is 0 Å². The second-order valence-corrected chi connectivity index (χ2v) is 6.66. The van der Waals surface area contributed by atoms with Crippen LogP contribution in [0, 0.1) is 5.41 Å². The first kappa shape index (κ1) is 15.3. The number of rotatable bonds is 1. The lowest BCUT2D eigenvalue weighted by atomic mass is 9.88. The SMILES string of the molecule is CN1CC2(CCN(C(=O)c3ccc(Cl)cc3)C2)COCC1=O. The van der Waals surface area contributed by atoms with Crippen LogP contribution in [0.1, 0.15) is 16.8 Å². The zero-order chi connectivity index (χ0) is 15.7. The molecule has 5 nitrogen and oxygen atoms in total. The molecule has 1 spiro atoms. The van der Waals surface area contributed by atoms with Crippen molar-refractivity contribution in [2.45, 2.75) is 6.42 Å². The van der Waals surface area contributed by atoms with Crippen LogP contribution in [0.5, 0.6) is 0 Å². The number of benzene rings is 1. The molecule has 2 saturated heterocycles. The average molecular weight is 323 g/mol. The fourth-order valence-corrected chi connectivity index (χ4v) is 3.36. The second-order valence-electron chi connectivity index (χ2n) is 6.23. The molecule has 1 atom stereocenters. The van der Waals surface area contributed by atoms with Gasteiger partial charge in [0, 0.05) is 42.7 Å². The fraction of sp³-hybridized carbons (Fsp3) is 0.500. The lowest BCUT2D eigenvalue weighted by Crippen LogP contribution is -2.41. The van der Waals surface area contributed by atoms with Gasteiger partial charge >= 0.3 is 0 Å². The largest absolute Gasteiger partial charge is 0.371 e. The summed E-state index contributed by atoms with van der Waals surface area (Å²) >= 11 is 5.86. The first-order valence-corrected chi connectivity index (χ1v) is 7.73. The molecule has 0 saturated carbocycles. The van der Waals surface area contributed by atoms with Crippen molar-refractivity contribution in [3.63, 3.8) is 0 Å². The number of carbonyl (C=O) groups excluding carboxylic acids is 2. The molecule has 118 valence electrons. The van der Waals surface area contributed by atoms with E-state index in [1.807, 2.05) is 4.90 Å². The van der Waals surface area contributed by atoms with E-state index >= 15 is 0 Å². The standard InChI is InChI=1S/C16H19ClN2O3/c1-18-9-16(11-22-8-14(18)20)6-7-19(10-16)15(21)12-2-4-13(17)5-3-12/h2-5H,6-11H2,1H3. The molecular formula is C16H19ClN2O3. The molecule has 0 bridgehead atoms. The van der Waals surface area contributed by atoms with Crippen LogP contribution in [-0.2, 0) is 9.53 Å². The monoisotopic (exact) mass is 322 g/mol. The molecule has 1 aromatic carbocycles. The Kier molecular flexibility index (Phi) is 4.10. The van der Waals surface area contributed by atoms with Crippen LogP contribution in [0.2, 0.25) is 5.02 Å². The summed E-state index contributed by atoms with van der Waals surface area (Å²) in [5.74, 6) is 0.00567. The first-order chi connectivity index (χ1) is 10.5. The van der Waals surface area contributed by atoms with Crippen molar-refractivity contribution in [1.29, 1.82) is 0 Å². The molecule has 0 aromatic heterocycles. The Morgan fingerprint density at radius 3 is 2.73 bits per heavy atom. The van der Waals surface area contributed by atoms with E-state index in [9.17, 15) is 9.59 Å². The summed E-state index contributed by atoms with van der Waals surface area (Å²) in [7, 11) is 1.79. The quantitative estimate of drug-likeness (QED) is 0.790. The minimum absolute atomic E-state index is 0.000599. The smallest absolute Gasteiger partial charge is 0.253 e. The van der Waals surface area contributed by atoms with Gasteiger partial charge < -0.3 is 14.5 Å². The van der Waals surface area contributed by atoms with Crippen molar-refractivity contribution in [2.24, 2.45) is 5.41 Å². The van der Waals surface area contributed by atoms with Crippen LogP contribution in [0.15, 0.2) is 24.3 Å². The van der Waals surface area contributed by atoms with Crippen LogP contribution < -0.4 is 0 Å². The van der Waals surface area contributed by atoms with Gasteiger partial charge in [-0.15, -0.1) is 0 Å². The predicted octanol–water partition coefficient (Wildman–Crippen LogP) is 1.66. The van der Waals surface area contributed by atoms with Gasteiger partial charge in [0.25, 0.3) is 5.91 Å². The Hall–Kier alpha value is -1.59. The Labute approximate surface area is 134 Å². The highest BCUT2D eigenvalue weighted by atomic mass is 35.5. The molecule has 22 heavy (non-hydrogen) atoms. The summed E-state index contributed by atoms with van der Waals surface area (Å²) in [5, 5.41) is 0.617. The van der Waals surface area contributed by atoms with Gasteiger partial charge in [-0.25, -0.2) is 0 Å². The zero-order valence-electron chi connectivity index (χ0n) is 12.5. The van der Waals surface area contributed by atoms with Crippen LogP contribution >= 0.6 is 11.6 Å². The van der Waals surface area contributed by atoms with Gasteiger partial charge in [0.15, 0.2) is 0 Å². The minimum atomic E-state index is -0.150. The van der Waals surface area contributed by atoms with E-state index in [0.29, 0.717) is 36.8 Å². The van der Waals surface area contributed by atoms with E-state index in [4.69, 9.17) is 16.3 Å². The Balaban J connectivity index is 1.72. The summed E-state index contributed by atoms with van der Waals surface area (Å²) in [6.45, 7) is 2.59. The van der Waals surface area contributed by atoms with E-state index in [1.54, 1.807) is 36.2 Å². The molecule has 0 aliphatic carbocycles. The third-order valence-electron chi connectivity index (χ3n) is 4.45. The summed E-state index contributed by atoms with van der Waals surface area (Å²) in [6, 6.07) is 6.94. The van der Waals surface area contributed by atoms with E-state index in [0.717, 1.165) is 6.42 Å². The average Bonchev–Trinajstić information content (AvgIpc) is 2.85. The van der Waals surface area contributed by atoms with Crippen LogP contribution in [0.4, 0.5) is 0 Å². The van der Waals surface area contributed by atoms with Crippen molar-refractivity contribution >= 4 is 23.4 Å². The normalized spacial score (nSPS) is 25.6. The third-order valence-corrected chi connectivity index (χ3v) is 4.70. The summed E-state index contributed by atoms with van der Waals surface area (Å²) < 4.78 is 5.52. The number of amides is 2. The van der Waals surface area contributed by atoms with Crippen molar-refractivity contribution in [2.75, 3.05) is 39.9 Å². The van der Waals surface area contributed by atoms with Gasteiger partial charge in [-0.05, 0) is 30.7 Å². The summed E-state index contributed by atoms with van der Waals surface area (Å²) in [6.07, 6.45) is 0.851. The minimum Gasteiger partial charge on any atom is -0.371 e. The molecule has 2 heterocycles. The van der Waals surface area contributed by atoms with Gasteiger partial charge in [0.2, 0.25) is 5.91 Å². The van der Waals surface area contributed by atoms with Crippen molar-refractivity contribution in [1.82, 2.24) is 9.80 Å². The van der Waals surface area contributed by atoms with E-state index in [-0.39, 0.29) is 23.8 Å². The first-order valence-electron chi connectivity index (χ1n) is 7.36. The lowest BCUT2D eigenvalue weighted by molar-refractivity contribution is -0.132. The van der Waals surface area contributed by atoms with Gasteiger partial charge in [-0.2, -0.15) is 0 Å².